The Hall–Kier alpha value is -3.90. The number of nitrogens with one attached hydrogen (secondary N) is 2. The fraction of sp³-hybridized carbons (Fsp3) is 0.333. The topological polar surface area (TPSA) is 158 Å². The van der Waals surface area contributed by atoms with E-state index in [0.717, 1.165) is 5.56 Å². The molecule has 214 valence electrons. The molecule has 1 aliphatic carbocycles. The summed E-state index contributed by atoms with van der Waals surface area (Å²) in [6, 6.07) is 12.0. The van der Waals surface area contributed by atoms with Crippen LogP contribution in [-0.2, 0) is 4.79 Å². The number of nitrogens with two attached hydrogens (primary N) is 2. The van der Waals surface area contributed by atoms with E-state index in [9.17, 15) is 27.9 Å². The van der Waals surface area contributed by atoms with Gasteiger partial charge in [0.2, 0.25) is 5.91 Å². The highest BCUT2D eigenvalue weighted by Gasteiger charge is 2.40. The highest BCUT2D eigenvalue weighted by atomic mass is 35.5. The maximum Gasteiger partial charge on any atom is 0.390 e. The van der Waals surface area contributed by atoms with Crippen molar-refractivity contribution >= 4 is 40.8 Å². The van der Waals surface area contributed by atoms with Crippen LogP contribution in [0.5, 0.6) is 0 Å². The molecule has 1 atom stereocenters. The van der Waals surface area contributed by atoms with E-state index in [0.29, 0.717) is 21.2 Å². The van der Waals surface area contributed by atoms with Crippen molar-refractivity contribution in [2.24, 2.45) is 16.5 Å². The second-order valence-electron chi connectivity index (χ2n) is 9.50. The maximum absolute atomic E-state index is 13.0. The largest absolute Gasteiger partial charge is 0.400 e. The zero-order valence-electron chi connectivity index (χ0n) is 21.7. The van der Waals surface area contributed by atoms with E-state index in [1.54, 1.807) is 48.5 Å². The molecule has 1 fully saturated rings. The summed E-state index contributed by atoms with van der Waals surface area (Å²) in [6.45, 7) is 0.754. The molecular formula is C27H30ClF3N6O3. The quantitative estimate of drug-likeness (QED) is 0.245. The van der Waals surface area contributed by atoms with E-state index < -0.39 is 42.5 Å². The first kappa shape index (κ1) is 30.6. The molecule has 2 aromatic rings. The lowest BCUT2D eigenvalue weighted by Gasteiger charge is -2.32. The van der Waals surface area contributed by atoms with Crippen molar-refractivity contribution in [2.45, 2.75) is 44.4 Å². The Morgan fingerprint density at radius 3 is 2.48 bits per heavy atom. The van der Waals surface area contributed by atoms with Crippen LogP contribution < -0.4 is 16.8 Å². The minimum Gasteiger partial charge on any atom is -0.400 e. The molecule has 2 aromatic carbocycles. The summed E-state index contributed by atoms with van der Waals surface area (Å²) in [6.07, 6.45) is -6.05. The average Bonchev–Trinajstić information content (AvgIpc) is 2.87. The molecule has 9 nitrogen and oxygen atoms in total. The van der Waals surface area contributed by atoms with Gasteiger partial charge in [-0.05, 0) is 43.5 Å². The van der Waals surface area contributed by atoms with Crippen LogP contribution >= 0.6 is 11.6 Å². The molecule has 1 aliphatic rings. The van der Waals surface area contributed by atoms with E-state index in [-0.39, 0.29) is 42.8 Å². The fourth-order valence-corrected chi connectivity index (χ4v) is 4.29. The van der Waals surface area contributed by atoms with Crippen LogP contribution in [0.4, 0.5) is 23.7 Å². The van der Waals surface area contributed by atoms with Gasteiger partial charge in [0.15, 0.2) is 0 Å². The molecule has 0 aliphatic heterocycles. The number of allylic oxidation sites excluding steroid dienone is 1. The minimum atomic E-state index is -4.54. The first-order valence-corrected chi connectivity index (χ1v) is 12.7. The number of benzene rings is 2. The van der Waals surface area contributed by atoms with Gasteiger partial charge in [-0.25, -0.2) is 4.79 Å². The molecule has 1 saturated carbocycles. The van der Waals surface area contributed by atoms with Crippen molar-refractivity contribution in [1.82, 2.24) is 10.2 Å². The number of hydrogen-bond donors (Lipinski definition) is 5. The molecule has 7 N–H and O–H groups in total. The van der Waals surface area contributed by atoms with Gasteiger partial charge in [0.05, 0.1) is 18.7 Å². The van der Waals surface area contributed by atoms with Crippen molar-refractivity contribution in [2.75, 3.05) is 13.1 Å². The zero-order chi connectivity index (χ0) is 29.7. The highest BCUT2D eigenvalue weighted by Crippen LogP contribution is 2.33. The van der Waals surface area contributed by atoms with E-state index >= 15 is 0 Å². The molecule has 0 spiro atoms. The third-order valence-electron chi connectivity index (χ3n) is 6.40. The van der Waals surface area contributed by atoms with Gasteiger partial charge < -0.3 is 21.9 Å². The number of alkyl halides is 3. The van der Waals surface area contributed by atoms with Gasteiger partial charge >= 0.3 is 12.2 Å². The van der Waals surface area contributed by atoms with Gasteiger partial charge in [-0.15, -0.1) is 0 Å². The Balaban J connectivity index is 1.86. The van der Waals surface area contributed by atoms with Crippen molar-refractivity contribution in [3.05, 3.63) is 76.0 Å². The second kappa shape index (κ2) is 12.5. The summed E-state index contributed by atoms with van der Waals surface area (Å²) in [5, 5.41) is 22.0. The lowest BCUT2D eigenvalue weighted by atomic mass is 9.79. The Kier molecular flexibility index (Phi) is 9.59. The Morgan fingerprint density at radius 1 is 1.20 bits per heavy atom. The molecule has 0 bridgehead atoms. The molecule has 3 amide bonds. The number of carbonyl (C=O) groups is 2. The summed E-state index contributed by atoms with van der Waals surface area (Å²) >= 11 is 6.04. The number of primary amides is 1. The number of nitrogens with zero attached hydrogens (tertiary/aromatic N) is 2. The third kappa shape index (κ3) is 8.06. The van der Waals surface area contributed by atoms with E-state index in [4.69, 9.17) is 28.5 Å². The van der Waals surface area contributed by atoms with Gasteiger partial charge in [-0.3, -0.25) is 20.1 Å². The van der Waals surface area contributed by atoms with E-state index in [2.05, 4.69) is 10.3 Å². The first-order valence-electron chi connectivity index (χ1n) is 12.3. The summed E-state index contributed by atoms with van der Waals surface area (Å²) in [5.74, 6) is -1.33. The van der Waals surface area contributed by atoms with Gasteiger partial charge in [0.1, 0.15) is 11.4 Å². The Labute approximate surface area is 234 Å². The monoisotopic (exact) mass is 578 g/mol. The fourth-order valence-electron chi connectivity index (χ4n) is 4.11. The minimum absolute atomic E-state index is 0.0450. The van der Waals surface area contributed by atoms with Crippen LogP contribution in [-0.4, -0.2) is 58.4 Å². The molecule has 0 saturated heterocycles. The van der Waals surface area contributed by atoms with Crippen LogP contribution in [0.25, 0.3) is 0 Å². The highest BCUT2D eigenvalue weighted by molar-refractivity contribution is 6.30. The number of carbonyl (C=O) groups excluding carboxylic acids is 2. The molecular weight excluding hydrogens is 549 g/mol. The number of hydrogen-bond acceptors (Lipinski definition) is 6. The second-order valence-corrected chi connectivity index (χ2v) is 9.94. The summed E-state index contributed by atoms with van der Waals surface area (Å²) in [5.41, 5.74) is 12.2. The lowest BCUT2D eigenvalue weighted by molar-refractivity contribution is -0.136. The van der Waals surface area contributed by atoms with Crippen LogP contribution in [0, 0.1) is 12.3 Å². The van der Waals surface area contributed by atoms with Gasteiger partial charge in [0, 0.05) is 35.0 Å². The molecule has 0 aromatic heterocycles. The average molecular weight is 579 g/mol. The van der Waals surface area contributed by atoms with E-state index in [1.807, 2.05) is 6.92 Å². The van der Waals surface area contributed by atoms with Crippen molar-refractivity contribution < 1.29 is 27.9 Å². The standard InChI is InChI=1S/C27H30ClF3N6O3/c1-16-5-7-17(8-6-16)23(33)37(12-11-27(29,30)31)25(39)35-15-21(32)20-9-10-26(40,24(34)38)14-22(20)36-19-4-2-3-18(28)13-19/h2-8,13,33,40H,9-12,14-15,32H2,1H3,(H2,34,38)(H,35,39)/b21-20-,33-23?,36-22?. The number of urea groups is 1. The number of amidine groups is 1. The van der Waals surface area contributed by atoms with Crippen LogP contribution in [0.1, 0.15) is 36.8 Å². The van der Waals surface area contributed by atoms with Crippen molar-refractivity contribution in [1.29, 1.82) is 5.41 Å². The van der Waals surface area contributed by atoms with Crippen LogP contribution in [0.2, 0.25) is 5.02 Å². The third-order valence-corrected chi connectivity index (χ3v) is 6.64. The van der Waals surface area contributed by atoms with Crippen LogP contribution in [0.3, 0.4) is 0 Å². The number of aliphatic imine (C=N–C) groups is 1. The number of aryl methyl sites for hydroxylation is 1. The zero-order valence-corrected chi connectivity index (χ0v) is 22.4. The number of amides is 3. The van der Waals surface area contributed by atoms with E-state index in [1.165, 1.54) is 0 Å². The number of halogens is 4. The summed E-state index contributed by atoms with van der Waals surface area (Å²) < 4.78 is 39.0. The van der Waals surface area contributed by atoms with Crippen molar-refractivity contribution in [3.8, 4) is 0 Å². The number of rotatable bonds is 7. The number of aliphatic hydroxyl groups is 1. The predicted octanol–water partition coefficient (Wildman–Crippen LogP) is 4.32. The maximum atomic E-state index is 13.0. The Morgan fingerprint density at radius 2 is 1.88 bits per heavy atom. The van der Waals surface area contributed by atoms with Gasteiger partial charge in [0.25, 0.3) is 0 Å². The molecule has 0 heterocycles. The molecule has 13 heteroatoms. The van der Waals surface area contributed by atoms with Crippen LogP contribution in [0.15, 0.2) is 64.8 Å². The summed E-state index contributed by atoms with van der Waals surface area (Å²) in [7, 11) is 0. The predicted molar refractivity (Wildman–Crippen MR) is 147 cm³/mol. The molecule has 3 rings (SSSR count). The lowest BCUT2D eigenvalue weighted by Crippen LogP contribution is -2.49. The SMILES string of the molecule is Cc1ccc(C(=N)N(CCC(F)(F)F)C(=O)NC/C(N)=C2\CCC(O)(C(N)=O)CC2=Nc2cccc(Cl)c2)cc1. The molecule has 1 unspecified atom stereocenters. The van der Waals surface area contributed by atoms with Gasteiger partial charge in [-0.2, -0.15) is 13.2 Å². The smallest absolute Gasteiger partial charge is 0.390 e. The first-order chi connectivity index (χ1) is 18.7. The Bertz CT molecular complexity index is 1340. The summed E-state index contributed by atoms with van der Waals surface area (Å²) in [4.78, 5) is 30.1. The van der Waals surface area contributed by atoms with Crippen molar-refractivity contribution in [3.63, 3.8) is 0 Å². The van der Waals surface area contributed by atoms with Gasteiger partial charge in [-0.1, -0.05) is 47.5 Å². The normalized spacial score (nSPS) is 19.7. The molecule has 0 radical (unpaired) electrons. The molecule has 40 heavy (non-hydrogen) atoms.